The molecule has 2 N–H and O–H groups in total. The van der Waals surface area contributed by atoms with Crippen LogP contribution in [0.15, 0.2) is 23.2 Å². The minimum absolute atomic E-state index is 0. The molecule has 0 saturated carbocycles. The molecule has 0 amide bonds. The van der Waals surface area contributed by atoms with Crippen molar-refractivity contribution < 1.29 is 0 Å². The predicted octanol–water partition coefficient (Wildman–Crippen LogP) is 2.84. The molecule has 1 aliphatic rings. The lowest BCUT2D eigenvalue weighted by Crippen LogP contribution is -2.37. The number of rotatable bonds is 4. The number of anilines is 1. The highest BCUT2D eigenvalue weighted by atomic mass is 127. The SMILES string of the molecule is CCN(CC)C(N)=NCc1ccc2c(c1)CCCN2C.I. The number of halogens is 1. The van der Waals surface area contributed by atoms with E-state index in [2.05, 4.69) is 53.9 Å². The molecule has 0 atom stereocenters. The molecule has 5 heteroatoms. The molecule has 0 saturated heterocycles. The zero-order chi connectivity index (χ0) is 14.5. The Morgan fingerprint density at radius 3 is 2.71 bits per heavy atom. The fourth-order valence-corrected chi connectivity index (χ4v) is 2.76. The van der Waals surface area contributed by atoms with E-state index >= 15 is 0 Å². The van der Waals surface area contributed by atoms with E-state index in [0.717, 1.165) is 19.6 Å². The fraction of sp³-hybridized carbons (Fsp3) is 0.562. The van der Waals surface area contributed by atoms with Crippen LogP contribution in [-0.2, 0) is 13.0 Å². The minimum Gasteiger partial charge on any atom is -0.374 e. The smallest absolute Gasteiger partial charge is 0.191 e. The minimum atomic E-state index is 0. The lowest BCUT2D eigenvalue weighted by molar-refractivity contribution is 0.458. The van der Waals surface area contributed by atoms with Crippen molar-refractivity contribution in [2.75, 3.05) is 31.6 Å². The first-order valence-electron chi connectivity index (χ1n) is 7.53. The summed E-state index contributed by atoms with van der Waals surface area (Å²) in [4.78, 5) is 8.92. The van der Waals surface area contributed by atoms with Crippen molar-refractivity contribution in [3.63, 3.8) is 0 Å². The summed E-state index contributed by atoms with van der Waals surface area (Å²) in [5.41, 5.74) is 10.1. The van der Waals surface area contributed by atoms with Gasteiger partial charge in [0, 0.05) is 32.4 Å². The first-order valence-corrected chi connectivity index (χ1v) is 7.53. The highest BCUT2D eigenvalue weighted by Gasteiger charge is 2.13. The monoisotopic (exact) mass is 402 g/mol. The van der Waals surface area contributed by atoms with Crippen LogP contribution in [0, 0.1) is 0 Å². The van der Waals surface area contributed by atoms with Crippen molar-refractivity contribution in [1.29, 1.82) is 0 Å². The van der Waals surface area contributed by atoms with Crippen LogP contribution >= 0.6 is 24.0 Å². The second-order valence-corrected chi connectivity index (χ2v) is 5.33. The summed E-state index contributed by atoms with van der Waals surface area (Å²) < 4.78 is 0. The van der Waals surface area contributed by atoms with Gasteiger partial charge in [0.1, 0.15) is 0 Å². The molecule has 0 fully saturated rings. The maximum absolute atomic E-state index is 6.01. The van der Waals surface area contributed by atoms with Gasteiger partial charge in [-0.2, -0.15) is 0 Å². The van der Waals surface area contributed by atoms with E-state index in [0.29, 0.717) is 12.5 Å². The van der Waals surface area contributed by atoms with Gasteiger partial charge >= 0.3 is 0 Å². The zero-order valence-corrected chi connectivity index (χ0v) is 15.6. The van der Waals surface area contributed by atoms with Crippen LogP contribution in [0.3, 0.4) is 0 Å². The second kappa shape index (κ2) is 8.46. The average Bonchev–Trinajstić information content (AvgIpc) is 2.46. The van der Waals surface area contributed by atoms with Crippen LogP contribution in [0.4, 0.5) is 5.69 Å². The summed E-state index contributed by atoms with van der Waals surface area (Å²) >= 11 is 0. The van der Waals surface area contributed by atoms with Crippen LogP contribution in [-0.4, -0.2) is 37.5 Å². The molecule has 4 nitrogen and oxygen atoms in total. The molecule has 0 aliphatic carbocycles. The van der Waals surface area contributed by atoms with E-state index in [1.54, 1.807) is 0 Å². The molecule has 118 valence electrons. The third-order valence-corrected chi connectivity index (χ3v) is 4.01. The van der Waals surface area contributed by atoms with Crippen molar-refractivity contribution in [3.8, 4) is 0 Å². The summed E-state index contributed by atoms with van der Waals surface area (Å²) in [6.07, 6.45) is 2.40. The van der Waals surface area contributed by atoms with Crippen molar-refractivity contribution in [3.05, 3.63) is 29.3 Å². The topological polar surface area (TPSA) is 44.9 Å². The molecular weight excluding hydrogens is 375 g/mol. The number of benzene rings is 1. The molecular formula is C16H27IN4. The number of hydrogen-bond acceptors (Lipinski definition) is 2. The van der Waals surface area contributed by atoms with Crippen molar-refractivity contribution in [1.82, 2.24) is 4.90 Å². The second-order valence-electron chi connectivity index (χ2n) is 5.33. The van der Waals surface area contributed by atoms with Crippen molar-refractivity contribution in [2.45, 2.75) is 33.2 Å². The van der Waals surface area contributed by atoms with Crippen LogP contribution in [0.5, 0.6) is 0 Å². The number of nitrogens with two attached hydrogens (primary N) is 1. The number of aryl methyl sites for hydroxylation is 1. The summed E-state index contributed by atoms with van der Waals surface area (Å²) in [6, 6.07) is 6.66. The van der Waals surface area contributed by atoms with Gasteiger partial charge in [0.25, 0.3) is 0 Å². The Balaban J connectivity index is 0.00000220. The van der Waals surface area contributed by atoms with Gasteiger partial charge < -0.3 is 15.5 Å². The Bertz CT molecular complexity index is 483. The van der Waals surface area contributed by atoms with Gasteiger partial charge in [-0.25, -0.2) is 4.99 Å². The van der Waals surface area contributed by atoms with E-state index < -0.39 is 0 Å². The molecule has 0 spiro atoms. The molecule has 0 bridgehead atoms. The van der Waals surface area contributed by atoms with Gasteiger partial charge in [-0.1, -0.05) is 12.1 Å². The lowest BCUT2D eigenvalue weighted by Gasteiger charge is -2.27. The maximum atomic E-state index is 6.01. The standard InChI is InChI=1S/C16H26N4.HI/c1-4-20(5-2)16(17)18-12-13-8-9-15-14(11-13)7-6-10-19(15)3;/h8-9,11H,4-7,10,12H2,1-3H3,(H2,17,18);1H. The summed E-state index contributed by atoms with van der Waals surface area (Å²) in [6.45, 7) is 7.82. The largest absolute Gasteiger partial charge is 0.374 e. The molecule has 2 rings (SSSR count). The highest BCUT2D eigenvalue weighted by molar-refractivity contribution is 14.0. The molecule has 21 heavy (non-hydrogen) atoms. The van der Waals surface area contributed by atoms with E-state index in [-0.39, 0.29) is 24.0 Å². The van der Waals surface area contributed by atoms with Crippen molar-refractivity contribution in [2.24, 2.45) is 10.7 Å². The van der Waals surface area contributed by atoms with Gasteiger partial charge in [0.2, 0.25) is 0 Å². The molecule has 0 aromatic heterocycles. The van der Waals surface area contributed by atoms with Crippen molar-refractivity contribution >= 4 is 35.6 Å². The summed E-state index contributed by atoms with van der Waals surface area (Å²) in [5, 5.41) is 0. The zero-order valence-electron chi connectivity index (χ0n) is 13.3. The Morgan fingerprint density at radius 2 is 2.05 bits per heavy atom. The third kappa shape index (κ3) is 4.49. The first kappa shape index (κ1) is 18.1. The highest BCUT2D eigenvalue weighted by Crippen LogP contribution is 2.26. The van der Waals surface area contributed by atoms with E-state index in [1.165, 1.54) is 29.7 Å². The van der Waals surface area contributed by atoms with E-state index in [1.807, 2.05) is 0 Å². The van der Waals surface area contributed by atoms with E-state index in [4.69, 9.17) is 5.73 Å². The third-order valence-electron chi connectivity index (χ3n) is 4.01. The predicted molar refractivity (Wildman–Crippen MR) is 102 cm³/mol. The molecule has 1 heterocycles. The number of nitrogens with zero attached hydrogens (tertiary/aromatic N) is 3. The molecule has 1 aromatic carbocycles. The quantitative estimate of drug-likeness (QED) is 0.479. The Hall–Kier alpha value is -0.980. The number of hydrogen-bond donors (Lipinski definition) is 1. The van der Waals surface area contributed by atoms with Gasteiger partial charge in [-0.3, -0.25) is 0 Å². The number of fused-ring (bicyclic) bond motifs is 1. The van der Waals surface area contributed by atoms with E-state index in [9.17, 15) is 0 Å². The number of aliphatic imine (C=N–C) groups is 1. The maximum Gasteiger partial charge on any atom is 0.191 e. The molecule has 0 unspecified atom stereocenters. The summed E-state index contributed by atoms with van der Waals surface area (Å²) in [5.74, 6) is 0.643. The Labute approximate surface area is 145 Å². The van der Waals surface area contributed by atoms with Crippen LogP contribution in [0.1, 0.15) is 31.4 Å². The summed E-state index contributed by atoms with van der Waals surface area (Å²) in [7, 11) is 2.16. The first-order chi connectivity index (χ1) is 9.65. The van der Waals surface area contributed by atoms with Crippen LogP contribution in [0.2, 0.25) is 0 Å². The van der Waals surface area contributed by atoms with Gasteiger partial charge in [-0.05, 0) is 43.9 Å². The van der Waals surface area contributed by atoms with Crippen LogP contribution < -0.4 is 10.6 Å². The lowest BCUT2D eigenvalue weighted by atomic mass is 10.00. The Morgan fingerprint density at radius 1 is 1.33 bits per heavy atom. The normalized spacial score (nSPS) is 14.4. The molecule has 0 radical (unpaired) electrons. The molecule has 1 aliphatic heterocycles. The number of guanidine groups is 1. The van der Waals surface area contributed by atoms with Gasteiger partial charge in [0.05, 0.1) is 6.54 Å². The average molecular weight is 402 g/mol. The fourth-order valence-electron chi connectivity index (χ4n) is 2.76. The van der Waals surface area contributed by atoms with Crippen LogP contribution in [0.25, 0.3) is 0 Å². The Kier molecular flexibility index (Phi) is 7.28. The van der Waals surface area contributed by atoms with Gasteiger partial charge in [-0.15, -0.1) is 24.0 Å². The molecule has 1 aromatic rings. The van der Waals surface area contributed by atoms with Gasteiger partial charge in [0.15, 0.2) is 5.96 Å².